The molecular formula is C18H22F3N3. The Bertz CT molecular complexity index is 701. The predicted octanol–water partition coefficient (Wildman–Crippen LogP) is 5.32. The number of aryl methyl sites for hydroxylation is 1. The zero-order valence-corrected chi connectivity index (χ0v) is 14.5. The van der Waals surface area contributed by atoms with E-state index in [1.54, 1.807) is 12.1 Å². The first-order valence-corrected chi connectivity index (χ1v) is 7.76. The van der Waals surface area contributed by atoms with Crippen molar-refractivity contribution in [2.75, 3.05) is 5.32 Å². The van der Waals surface area contributed by atoms with Gasteiger partial charge in [0.1, 0.15) is 0 Å². The molecule has 0 aliphatic heterocycles. The molecule has 1 unspecified atom stereocenters. The zero-order chi connectivity index (χ0) is 18.1. The van der Waals surface area contributed by atoms with E-state index in [2.05, 4.69) is 15.3 Å². The Kier molecular flexibility index (Phi) is 4.87. The highest BCUT2D eigenvalue weighted by molar-refractivity contribution is 5.61. The van der Waals surface area contributed by atoms with Crippen molar-refractivity contribution in [3.8, 4) is 11.3 Å². The normalized spacial score (nSPS) is 13.7. The number of alkyl halides is 3. The molecule has 24 heavy (non-hydrogen) atoms. The molecule has 1 N–H and O–H groups in total. The van der Waals surface area contributed by atoms with Crippen molar-refractivity contribution in [1.29, 1.82) is 0 Å². The van der Waals surface area contributed by atoms with Crippen LogP contribution in [0.25, 0.3) is 11.3 Å². The summed E-state index contributed by atoms with van der Waals surface area (Å²) in [4.78, 5) is 7.93. The van der Waals surface area contributed by atoms with Crippen molar-refractivity contribution in [2.45, 2.75) is 46.8 Å². The van der Waals surface area contributed by atoms with Crippen molar-refractivity contribution in [3.63, 3.8) is 0 Å². The van der Waals surface area contributed by atoms with E-state index in [1.165, 1.54) is 0 Å². The van der Waals surface area contributed by atoms with Crippen LogP contribution in [0.2, 0.25) is 0 Å². The third-order valence-electron chi connectivity index (χ3n) is 4.01. The minimum absolute atomic E-state index is 0.0113. The Labute approximate surface area is 140 Å². The summed E-state index contributed by atoms with van der Waals surface area (Å²) < 4.78 is 39.5. The predicted molar refractivity (Wildman–Crippen MR) is 89.7 cm³/mol. The number of anilines is 1. The molecule has 6 heteroatoms. The maximum absolute atomic E-state index is 13.2. The Morgan fingerprint density at radius 2 is 1.58 bits per heavy atom. The van der Waals surface area contributed by atoms with Crippen LogP contribution >= 0.6 is 0 Å². The van der Waals surface area contributed by atoms with Gasteiger partial charge in [-0.15, -0.1) is 0 Å². The molecule has 1 aromatic heterocycles. The van der Waals surface area contributed by atoms with Crippen molar-refractivity contribution in [1.82, 2.24) is 9.97 Å². The standard InChI is InChI=1S/C18H22F3N3/c1-11-6-8-13(9-7-11)14-10-15(18(19,20)21)24-16(23-14)22-12(2)17(3,4)5/h6-10,12H,1-5H3,(H,22,23,24). The number of aromatic nitrogens is 2. The van der Waals surface area contributed by atoms with E-state index >= 15 is 0 Å². The van der Waals surface area contributed by atoms with E-state index in [4.69, 9.17) is 0 Å². The Morgan fingerprint density at radius 1 is 1.00 bits per heavy atom. The Balaban J connectivity index is 2.48. The van der Waals surface area contributed by atoms with Crippen LogP contribution in [0.3, 0.4) is 0 Å². The van der Waals surface area contributed by atoms with E-state index in [-0.39, 0.29) is 23.1 Å². The summed E-state index contributed by atoms with van der Waals surface area (Å²) in [7, 11) is 0. The summed E-state index contributed by atoms with van der Waals surface area (Å²) in [5.74, 6) is -0.0113. The number of hydrogen-bond acceptors (Lipinski definition) is 3. The van der Waals surface area contributed by atoms with Gasteiger partial charge in [-0.1, -0.05) is 50.6 Å². The second-order valence-electron chi connectivity index (χ2n) is 7.06. The molecule has 0 radical (unpaired) electrons. The van der Waals surface area contributed by atoms with Crippen molar-refractivity contribution < 1.29 is 13.2 Å². The monoisotopic (exact) mass is 337 g/mol. The summed E-state index contributed by atoms with van der Waals surface area (Å²) >= 11 is 0. The van der Waals surface area contributed by atoms with E-state index in [9.17, 15) is 13.2 Å². The van der Waals surface area contributed by atoms with Crippen LogP contribution in [-0.2, 0) is 6.18 Å². The van der Waals surface area contributed by atoms with Crippen LogP contribution in [0.15, 0.2) is 30.3 Å². The van der Waals surface area contributed by atoms with Gasteiger partial charge in [0, 0.05) is 11.6 Å². The number of benzene rings is 1. The molecular weight excluding hydrogens is 315 g/mol. The minimum atomic E-state index is -4.52. The lowest BCUT2D eigenvalue weighted by atomic mass is 9.88. The third kappa shape index (κ3) is 4.46. The second-order valence-corrected chi connectivity index (χ2v) is 7.06. The molecule has 0 saturated carbocycles. The van der Waals surface area contributed by atoms with Crippen LogP contribution in [0, 0.1) is 12.3 Å². The molecule has 1 heterocycles. The van der Waals surface area contributed by atoms with E-state index in [1.807, 2.05) is 46.8 Å². The van der Waals surface area contributed by atoms with Crippen molar-refractivity contribution >= 4 is 5.95 Å². The van der Waals surface area contributed by atoms with E-state index < -0.39 is 11.9 Å². The lowest BCUT2D eigenvalue weighted by Gasteiger charge is -2.28. The quantitative estimate of drug-likeness (QED) is 0.824. The van der Waals surface area contributed by atoms with Gasteiger partial charge >= 0.3 is 6.18 Å². The summed E-state index contributed by atoms with van der Waals surface area (Å²) in [6, 6.07) is 8.10. The molecule has 0 amide bonds. The average molecular weight is 337 g/mol. The fourth-order valence-electron chi connectivity index (χ4n) is 1.94. The van der Waals surface area contributed by atoms with Gasteiger partial charge in [0.2, 0.25) is 5.95 Å². The molecule has 0 fully saturated rings. The van der Waals surface area contributed by atoms with Gasteiger partial charge in [-0.05, 0) is 25.3 Å². The first kappa shape index (κ1) is 18.2. The lowest BCUT2D eigenvalue weighted by molar-refractivity contribution is -0.141. The van der Waals surface area contributed by atoms with Crippen LogP contribution in [0.1, 0.15) is 39.0 Å². The molecule has 1 atom stereocenters. The fraction of sp³-hybridized carbons (Fsp3) is 0.444. The average Bonchev–Trinajstić information content (AvgIpc) is 2.45. The van der Waals surface area contributed by atoms with E-state index in [0.29, 0.717) is 5.56 Å². The third-order valence-corrected chi connectivity index (χ3v) is 4.01. The van der Waals surface area contributed by atoms with Gasteiger partial charge in [-0.3, -0.25) is 0 Å². The molecule has 3 nitrogen and oxygen atoms in total. The van der Waals surface area contributed by atoms with Gasteiger partial charge in [-0.2, -0.15) is 13.2 Å². The number of nitrogens with one attached hydrogen (secondary N) is 1. The summed E-state index contributed by atoms with van der Waals surface area (Å²) in [6.45, 7) is 9.82. The van der Waals surface area contributed by atoms with Crippen LogP contribution in [-0.4, -0.2) is 16.0 Å². The van der Waals surface area contributed by atoms with Gasteiger partial charge in [0.25, 0.3) is 0 Å². The molecule has 2 aromatic rings. The SMILES string of the molecule is Cc1ccc(-c2cc(C(F)(F)F)nc(NC(C)C(C)(C)C)n2)cc1. The highest BCUT2D eigenvalue weighted by Gasteiger charge is 2.34. The molecule has 0 spiro atoms. The second kappa shape index (κ2) is 6.42. The summed E-state index contributed by atoms with van der Waals surface area (Å²) in [6.07, 6.45) is -4.52. The van der Waals surface area contributed by atoms with Gasteiger partial charge in [0.15, 0.2) is 5.69 Å². The van der Waals surface area contributed by atoms with Crippen LogP contribution in [0.4, 0.5) is 19.1 Å². The smallest absolute Gasteiger partial charge is 0.351 e. The molecule has 0 saturated heterocycles. The number of rotatable bonds is 3. The largest absolute Gasteiger partial charge is 0.433 e. The Hall–Kier alpha value is -2.11. The maximum Gasteiger partial charge on any atom is 0.433 e. The van der Waals surface area contributed by atoms with Crippen LogP contribution in [0.5, 0.6) is 0 Å². The minimum Gasteiger partial charge on any atom is -0.351 e. The van der Waals surface area contributed by atoms with E-state index in [0.717, 1.165) is 11.6 Å². The molecule has 1 aromatic carbocycles. The number of hydrogen-bond donors (Lipinski definition) is 1. The van der Waals surface area contributed by atoms with Crippen molar-refractivity contribution in [3.05, 3.63) is 41.6 Å². The molecule has 130 valence electrons. The molecule has 0 aliphatic carbocycles. The lowest BCUT2D eigenvalue weighted by Crippen LogP contribution is -2.32. The molecule has 0 bridgehead atoms. The summed E-state index contributed by atoms with van der Waals surface area (Å²) in [5.41, 5.74) is 0.822. The van der Waals surface area contributed by atoms with Gasteiger partial charge in [-0.25, -0.2) is 9.97 Å². The first-order valence-electron chi connectivity index (χ1n) is 7.76. The molecule has 0 aliphatic rings. The highest BCUT2D eigenvalue weighted by atomic mass is 19.4. The topological polar surface area (TPSA) is 37.8 Å². The first-order chi connectivity index (χ1) is 11.0. The Morgan fingerprint density at radius 3 is 2.08 bits per heavy atom. The maximum atomic E-state index is 13.2. The van der Waals surface area contributed by atoms with Crippen molar-refractivity contribution in [2.24, 2.45) is 5.41 Å². The summed E-state index contributed by atoms with van der Waals surface area (Å²) in [5, 5.41) is 2.99. The van der Waals surface area contributed by atoms with Crippen LogP contribution < -0.4 is 5.32 Å². The zero-order valence-electron chi connectivity index (χ0n) is 14.5. The fourth-order valence-corrected chi connectivity index (χ4v) is 1.94. The van der Waals surface area contributed by atoms with Gasteiger partial charge in [0.05, 0.1) is 5.69 Å². The van der Waals surface area contributed by atoms with Gasteiger partial charge < -0.3 is 5.32 Å². The molecule has 2 rings (SSSR count). The number of nitrogens with zero attached hydrogens (tertiary/aromatic N) is 2. The number of halogens is 3. The highest BCUT2D eigenvalue weighted by Crippen LogP contribution is 2.32.